The molecule has 2 aromatic heterocycles. The zero-order valence-electron chi connectivity index (χ0n) is 12.2. The summed E-state index contributed by atoms with van der Waals surface area (Å²) < 4.78 is 7.45. The standard InChI is InChI=1S/C14H20N6O/c1-2-20-10-18-19-14(20)3-5-15-13-7-12(16-9-17-13)11-4-6-21-8-11/h7,9-11H,2-6,8H2,1H3,(H,15,16,17)/t11-/m1/s1. The summed E-state index contributed by atoms with van der Waals surface area (Å²) in [6.45, 7) is 5.33. The molecule has 0 spiro atoms. The largest absolute Gasteiger partial charge is 0.381 e. The van der Waals surface area contributed by atoms with E-state index in [1.54, 1.807) is 12.7 Å². The van der Waals surface area contributed by atoms with Crippen LogP contribution in [0.3, 0.4) is 0 Å². The van der Waals surface area contributed by atoms with Crippen molar-refractivity contribution in [2.45, 2.75) is 32.2 Å². The third kappa shape index (κ3) is 3.36. The van der Waals surface area contributed by atoms with Gasteiger partial charge in [0.25, 0.3) is 0 Å². The number of rotatable bonds is 6. The zero-order chi connectivity index (χ0) is 14.5. The van der Waals surface area contributed by atoms with Crippen molar-refractivity contribution in [2.75, 3.05) is 25.1 Å². The van der Waals surface area contributed by atoms with Gasteiger partial charge in [-0.1, -0.05) is 0 Å². The molecule has 3 heterocycles. The number of hydrogen-bond acceptors (Lipinski definition) is 6. The SMILES string of the molecule is CCn1cnnc1CCNc1cc([C@@H]2CCOC2)ncn1. The summed E-state index contributed by atoms with van der Waals surface area (Å²) in [7, 11) is 0. The first kappa shape index (κ1) is 13.9. The number of aryl methyl sites for hydroxylation is 1. The summed E-state index contributed by atoms with van der Waals surface area (Å²) >= 11 is 0. The summed E-state index contributed by atoms with van der Waals surface area (Å²) in [4.78, 5) is 8.62. The molecule has 1 saturated heterocycles. The number of anilines is 1. The van der Waals surface area contributed by atoms with E-state index >= 15 is 0 Å². The molecule has 0 aromatic carbocycles. The lowest BCUT2D eigenvalue weighted by Gasteiger charge is -2.10. The lowest BCUT2D eigenvalue weighted by atomic mass is 10.1. The average Bonchev–Trinajstić information content (AvgIpc) is 3.19. The Morgan fingerprint density at radius 2 is 2.38 bits per heavy atom. The monoisotopic (exact) mass is 288 g/mol. The minimum atomic E-state index is 0.400. The van der Waals surface area contributed by atoms with Crippen molar-refractivity contribution < 1.29 is 4.74 Å². The van der Waals surface area contributed by atoms with Crippen molar-refractivity contribution >= 4 is 5.82 Å². The smallest absolute Gasteiger partial charge is 0.134 e. The maximum absolute atomic E-state index is 5.41. The van der Waals surface area contributed by atoms with Crippen LogP contribution in [-0.2, 0) is 17.7 Å². The average molecular weight is 288 g/mol. The summed E-state index contributed by atoms with van der Waals surface area (Å²) in [5.41, 5.74) is 1.06. The van der Waals surface area contributed by atoms with Crippen LogP contribution < -0.4 is 5.32 Å². The molecule has 0 unspecified atom stereocenters. The molecule has 0 aliphatic carbocycles. The highest BCUT2D eigenvalue weighted by atomic mass is 16.5. The van der Waals surface area contributed by atoms with E-state index in [1.165, 1.54) is 0 Å². The van der Waals surface area contributed by atoms with Gasteiger partial charge in [-0.15, -0.1) is 10.2 Å². The summed E-state index contributed by atoms with van der Waals surface area (Å²) in [5.74, 6) is 2.25. The number of nitrogens with one attached hydrogen (secondary N) is 1. The molecule has 21 heavy (non-hydrogen) atoms. The van der Waals surface area contributed by atoms with Crippen LogP contribution in [0.4, 0.5) is 5.82 Å². The Kier molecular flexibility index (Phi) is 4.40. The van der Waals surface area contributed by atoms with Gasteiger partial charge in [0, 0.05) is 38.1 Å². The van der Waals surface area contributed by atoms with Gasteiger partial charge in [-0.25, -0.2) is 9.97 Å². The van der Waals surface area contributed by atoms with Gasteiger partial charge >= 0.3 is 0 Å². The van der Waals surface area contributed by atoms with E-state index in [0.717, 1.165) is 56.5 Å². The first-order chi connectivity index (χ1) is 10.4. The van der Waals surface area contributed by atoms with Gasteiger partial charge in [0.15, 0.2) is 0 Å². The minimum Gasteiger partial charge on any atom is -0.381 e. The summed E-state index contributed by atoms with van der Waals surface area (Å²) in [6.07, 6.45) is 5.23. The molecule has 1 N–H and O–H groups in total. The van der Waals surface area contributed by atoms with Gasteiger partial charge in [0.2, 0.25) is 0 Å². The molecule has 0 amide bonds. The highest BCUT2D eigenvalue weighted by Gasteiger charge is 2.19. The Morgan fingerprint density at radius 3 is 3.19 bits per heavy atom. The van der Waals surface area contributed by atoms with E-state index in [4.69, 9.17) is 4.74 Å². The molecule has 0 bridgehead atoms. The molecular weight excluding hydrogens is 268 g/mol. The van der Waals surface area contributed by atoms with Gasteiger partial charge in [0.1, 0.15) is 24.3 Å². The first-order valence-electron chi connectivity index (χ1n) is 7.37. The van der Waals surface area contributed by atoms with E-state index in [1.807, 2.05) is 10.6 Å². The lowest BCUT2D eigenvalue weighted by molar-refractivity contribution is 0.193. The lowest BCUT2D eigenvalue weighted by Crippen LogP contribution is -2.11. The molecule has 1 fully saturated rings. The van der Waals surface area contributed by atoms with Crippen molar-refractivity contribution in [1.82, 2.24) is 24.7 Å². The highest BCUT2D eigenvalue weighted by molar-refractivity contribution is 5.36. The predicted molar refractivity (Wildman–Crippen MR) is 78.1 cm³/mol. The molecule has 7 heteroatoms. The van der Waals surface area contributed by atoms with Crippen LogP contribution in [0, 0.1) is 0 Å². The molecule has 2 aromatic rings. The molecular formula is C14H20N6O. The van der Waals surface area contributed by atoms with E-state index < -0.39 is 0 Å². The Balaban J connectivity index is 1.56. The second-order valence-corrected chi connectivity index (χ2v) is 5.10. The van der Waals surface area contributed by atoms with Gasteiger partial charge in [0.05, 0.1) is 12.3 Å². The number of nitrogens with zero attached hydrogens (tertiary/aromatic N) is 5. The topological polar surface area (TPSA) is 77.8 Å². The van der Waals surface area contributed by atoms with E-state index in [9.17, 15) is 0 Å². The Labute approximate surface area is 123 Å². The number of hydrogen-bond donors (Lipinski definition) is 1. The third-order valence-corrected chi connectivity index (χ3v) is 3.73. The van der Waals surface area contributed by atoms with Crippen LogP contribution in [0.15, 0.2) is 18.7 Å². The van der Waals surface area contributed by atoms with Gasteiger partial charge in [-0.3, -0.25) is 0 Å². The molecule has 112 valence electrons. The van der Waals surface area contributed by atoms with Crippen molar-refractivity contribution in [1.29, 1.82) is 0 Å². The molecule has 1 atom stereocenters. The molecule has 0 radical (unpaired) electrons. The van der Waals surface area contributed by atoms with E-state index in [2.05, 4.69) is 32.4 Å². The second-order valence-electron chi connectivity index (χ2n) is 5.10. The normalized spacial score (nSPS) is 18.0. The first-order valence-corrected chi connectivity index (χ1v) is 7.37. The Hall–Kier alpha value is -2.02. The Bertz CT molecular complexity index is 578. The quantitative estimate of drug-likeness (QED) is 0.862. The summed E-state index contributed by atoms with van der Waals surface area (Å²) in [5, 5.41) is 11.4. The predicted octanol–water partition coefficient (Wildman–Crippen LogP) is 1.25. The van der Waals surface area contributed by atoms with Gasteiger partial charge in [-0.2, -0.15) is 0 Å². The van der Waals surface area contributed by atoms with E-state index in [-0.39, 0.29) is 0 Å². The molecule has 1 aliphatic heterocycles. The van der Waals surface area contributed by atoms with Crippen LogP contribution in [-0.4, -0.2) is 44.5 Å². The summed E-state index contributed by atoms with van der Waals surface area (Å²) in [6, 6.07) is 2.02. The molecule has 7 nitrogen and oxygen atoms in total. The van der Waals surface area contributed by atoms with Crippen molar-refractivity contribution in [3.05, 3.63) is 30.2 Å². The number of aromatic nitrogens is 5. The number of ether oxygens (including phenoxy) is 1. The van der Waals surface area contributed by atoms with Gasteiger partial charge < -0.3 is 14.6 Å². The molecule has 1 aliphatic rings. The molecule has 3 rings (SSSR count). The van der Waals surface area contributed by atoms with Crippen LogP contribution in [0.25, 0.3) is 0 Å². The highest BCUT2D eigenvalue weighted by Crippen LogP contribution is 2.24. The van der Waals surface area contributed by atoms with Crippen LogP contribution in [0.1, 0.15) is 30.8 Å². The Morgan fingerprint density at radius 1 is 1.43 bits per heavy atom. The molecule has 0 saturated carbocycles. The van der Waals surface area contributed by atoms with Crippen molar-refractivity contribution in [3.63, 3.8) is 0 Å². The van der Waals surface area contributed by atoms with Crippen molar-refractivity contribution in [3.8, 4) is 0 Å². The zero-order valence-corrected chi connectivity index (χ0v) is 12.2. The van der Waals surface area contributed by atoms with Crippen LogP contribution in [0.5, 0.6) is 0 Å². The fraction of sp³-hybridized carbons (Fsp3) is 0.571. The fourth-order valence-corrected chi connectivity index (χ4v) is 2.50. The van der Waals surface area contributed by atoms with Gasteiger partial charge in [-0.05, 0) is 13.3 Å². The maximum Gasteiger partial charge on any atom is 0.134 e. The minimum absolute atomic E-state index is 0.400. The van der Waals surface area contributed by atoms with Crippen molar-refractivity contribution in [2.24, 2.45) is 0 Å². The van der Waals surface area contributed by atoms with Crippen LogP contribution in [0.2, 0.25) is 0 Å². The third-order valence-electron chi connectivity index (χ3n) is 3.73. The van der Waals surface area contributed by atoms with E-state index in [0.29, 0.717) is 5.92 Å². The second kappa shape index (κ2) is 6.62. The maximum atomic E-state index is 5.41. The fourth-order valence-electron chi connectivity index (χ4n) is 2.50. The van der Waals surface area contributed by atoms with Crippen LogP contribution >= 0.6 is 0 Å².